The zero-order valence-electron chi connectivity index (χ0n) is 12.3. The van der Waals surface area contributed by atoms with Crippen molar-refractivity contribution in [2.75, 3.05) is 26.2 Å². The Hall–Kier alpha value is -1.01. The van der Waals surface area contributed by atoms with Crippen molar-refractivity contribution >= 4 is 35.6 Å². The first-order valence-corrected chi connectivity index (χ1v) is 7.06. The highest BCUT2D eigenvalue weighted by Gasteiger charge is 2.44. The fourth-order valence-electron chi connectivity index (χ4n) is 2.93. The van der Waals surface area contributed by atoms with Crippen LogP contribution in [0.1, 0.15) is 11.6 Å². The summed E-state index contributed by atoms with van der Waals surface area (Å²) in [5, 5.41) is 4.90. The average molecular weight is 367 g/mol. The van der Waals surface area contributed by atoms with Gasteiger partial charge in [0.15, 0.2) is 0 Å². The molecule has 0 radical (unpaired) electrons. The van der Waals surface area contributed by atoms with Crippen LogP contribution in [0.15, 0.2) is 42.5 Å². The van der Waals surface area contributed by atoms with Crippen LogP contribution in [0.4, 0.5) is 13.2 Å². The second kappa shape index (κ2) is 8.20. The molecule has 0 spiro atoms. The lowest BCUT2D eigenvalue weighted by Gasteiger charge is -2.36. The van der Waals surface area contributed by atoms with Gasteiger partial charge in [0.2, 0.25) is 0 Å². The van der Waals surface area contributed by atoms with Gasteiger partial charge in [0.25, 0.3) is 0 Å². The number of fused-ring (bicyclic) bond motifs is 1. The van der Waals surface area contributed by atoms with Gasteiger partial charge in [-0.05, 0) is 22.4 Å². The summed E-state index contributed by atoms with van der Waals surface area (Å²) in [5.74, 6) is 0. The number of halogens is 5. The van der Waals surface area contributed by atoms with Crippen molar-refractivity contribution < 1.29 is 13.2 Å². The maximum absolute atomic E-state index is 13.5. The maximum atomic E-state index is 13.5. The smallest absolute Gasteiger partial charge is 0.314 e. The number of rotatable bonds is 2. The predicted octanol–water partition coefficient (Wildman–Crippen LogP) is 4.19. The van der Waals surface area contributed by atoms with Crippen molar-refractivity contribution in [2.45, 2.75) is 12.2 Å². The quantitative estimate of drug-likeness (QED) is 0.856. The molecule has 3 rings (SSSR count). The molecule has 1 aliphatic rings. The van der Waals surface area contributed by atoms with E-state index in [0.29, 0.717) is 31.7 Å². The molecular formula is C16H19Cl2F3N2. The van der Waals surface area contributed by atoms with Gasteiger partial charge in [0, 0.05) is 26.2 Å². The Morgan fingerprint density at radius 2 is 1.52 bits per heavy atom. The van der Waals surface area contributed by atoms with Gasteiger partial charge < -0.3 is 5.32 Å². The van der Waals surface area contributed by atoms with E-state index in [2.05, 4.69) is 5.32 Å². The maximum Gasteiger partial charge on any atom is 0.408 e. The summed E-state index contributed by atoms with van der Waals surface area (Å²) >= 11 is 0. The molecule has 0 aliphatic carbocycles. The minimum atomic E-state index is -4.26. The molecule has 0 unspecified atom stereocenters. The molecule has 2 aromatic carbocycles. The molecule has 1 aliphatic heterocycles. The molecule has 1 heterocycles. The van der Waals surface area contributed by atoms with Crippen LogP contribution < -0.4 is 5.32 Å². The number of piperazine rings is 1. The molecule has 1 atom stereocenters. The monoisotopic (exact) mass is 366 g/mol. The van der Waals surface area contributed by atoms with Crippen molar-refractivity contribution in [3.05, 3.63) is 48.0 Å². The van der Waals surface area contributed by atoms with E-state index >= 15 is 0 Å². The average Bonchev–Trinajstić information content (AvgIpc) is 2.47. The highest BCUT2D eigenvalue weighted by atomic mass is 35.5. The second-order valence-electron chi connectivity index (χ2n) is 5.34. The third-order valence-electron chi connectivity index (χ3n) is 3.92. The molecule has 1 fully saturated rings. The lowest BCUT2D eigenvalue weighted by atomic mass is 10.00. The zero-order chi connectivity index (χ0) is 14.9. The van der Waals surface area contributed by atoms with Gasteiger partial charge >= 0.3 is 6.18 Å². The summed E-state index contributed by atoms with van der Waals surface area (Å²) in [5.41, 5.74) is 0.322. The first-order valence-electron chi connectivity index (χ1n) is 7.06. The molecule has 7 heteroatoms. The molecule has 128 valence electrons. The first-order chi connectivity index (χ1) is 10.1. The Morgan fingerprint density at radius 3 is 2.13 bits per heavy atom. The van der Waals surface area contributed by atoms with Crippen molar-refractivity contribution in [1.29, 1.82) is 0 Å². The minimum absolute atomic E-state index is 0. The molecule has 0 bridgehead atoms. The summed E-state index contributed by atoms with van der Waals surface area (Å²) in [6.45, 7) is 2.02. The molecule has 1 N–H and O–H groups in total. The predicted molar refractivity (Wildman–Crippen MR) is 91.7 cm³/mol. The van der Waals surface area contributed by atoms with Gasteiger partial charge in [0.1, 0.15) is 6.04 Å². The van der Waals surface area contributed by atoms with Crippen LogP contribution in [0, 0.1) is 0 Å². The topological polar surface area (TPSA) is 15.3 Å². The third kappa shape index (κ3) is 4.51. The van der Waals surface area contributed by atoms with E-state index in [9.17, 15) is 13.2 Å². The summed E-state index contributed by atoms with van der Waals surface area (Å²) in [4.78, 5) is 1.51. The Bertz CT molecular complexity index is 628. The van der Waals surface area contributed by atoms with Gasteiger partial charge in [0.05, 0.1) is 0 Å². The van der Waals surface area contributed by atoms with Crippen molar-refractivity contribution in [3.63, 3.8) is 0 Å². The molecule has 0 amide bonds. The Kier molecular flexibility index (Phi) is 7.14. The minimum Gasteiger partial charge on any atom is -0.314 e. The van der Waals surface area contributed by atoms with Crippen LogP contribution in [0.2, 0.25) is 0 Å². The van der Waals surface area contributed by atoms with E-state index in [0.717, 1.165) is 10.8 Å². The molecule has 23 heavy (non-hydrogen) atoms. The lowest BCUT2D eigenvalue weighted by Crippen LogP contribution is -2.49. The summed E-state index contributed by atoms with van der Waals surface area (Å²) in [6, 6.07) is 11.0. The van der Waals surface area contributed by atoms with Gasteiger partial charge in [-0.15, -0.1) is 24.8 Å². The SMILES string of the molecule is Cl.Cl.FC(F)(F)[C@H](c1ccc2ccccc2c1)N1CCNCC1. The van der Waals surface area contributed by atoms with Crippen LogP contribution in [0.3, 0.4) is 0 Å². The normalized spacial score (nSPS) is 17.2. The van der Waals surface area contributed by atoms with E-state index in [1.165, 1.54) is 4.90 Å². The third-order valence-corrected chi connectivity index (χ3v) is 3.92. The van der Waals surface area contributed by atoms with Crippen molar-refractivity contribution in [3.8, 4) is 0 Å². The summed E-state index contributed by atoms with van der Waals surface area (Å²) < 4.78 is 40.6. The van der Waals surface area contributed by atoms with Crippen LogP contribution in [-0.4, -0.2) is 37.3 Å². The Labute approximate surface area is 145 Å². The van der Waals surface area contributed by atoms with Gasteiger partial charge in [-0.25, -0.2) is 0 Å². The van der Waals surface area contributed by atoms with E-state index in [4.69, 9.17) is 0 Å². The molecule has 2 nitrogen and oxygen atoms in total. The Morgan fingerprint density at radius 1 is 0.913 bits per heavy atom. The molecular weight excluding hydrogens is 348 g/mol. The summed E-state index contributed by atoms with van der Waals surface area (Å²) in [6.07, 6.45) is -4.26. The summed E-state index contributed by atoms with van der Waals surface area (Å²) in [7, 11) is 0. The van der Waals surface area contributed by atoms with Gasteiger partial charge in [-0.2, -0.15) is 13.2 Å². The van der Waals surface area contributed by atoms with Crippen LogP contribution in [-0.2, 0) is 0 Å². The van der Waals surface area contributed by atoms with E-state index in [1.54, 1.807) is 18.2 Å². The number of nitrogens with zero attached hydrogens (tertiary/aromatic N) is 1. The molecule has 0 aromatic heterocycles. The second-order valence-corrected chi connectivity index (χ2v) is 5.34. The van der Waals surface area contributed by atoms with E-state index in [1.807, 2.05) is 24.3 Å². The van der Waals surface area contributed by atoms with Gasteiger partial charge in [-0.3, -0.25) is 4.90 Å². The van der Waals surface area contributed by atoms with E-state index < -0.39 is 12.2 Å². The fraction of sp³-hybridized carbons (Fsp3) is 0.375. The van der Waals surface area contributed by atoms with Gasteiger partial charge in [-0.1, -0.05) is 36.4 Å². The zero-order valence-corrected chi connectivity index (χ0v) is 14.0. The number of benzene rings is 2. The Balaban J connectivity index is 0.00000132. The highest BCUT2D eigenvalue weighted by molar-refractivity contribution is 5.85. The van der Waals surface area contributed by atoms with Crippen molar-refractivity contribution in [1.82, 2.24) is 10.2 Å². The number of hydrogen-bond donors (Lipinski definition) is 1. The fourth-order valence-corrected chi connectivity index (χ4v) is 2.93. The highest BCUT2D eigenvalue weighted by Crippen LogP contribution is 2.38. The lowest BCUT2D eigenvalue weighted by molar-refractivity contribution is -0.187. The number of alkyl halides is 3. The van der Waals surface area contributed by atoms with Crippen LogP contribution in [0.25, 0.3) is 10.8 Å². The first kappa shape index (κ1) is 20.0. The van der Waals surface area contributed by atoms with Crippen LogP contribution >= 0.6 is 24.8 Å². The van der Waals surface area contributed by atoms with Crippen LogP contribution in [0.5, 0.6) is 0 Å². The van der Waals surface area contributed by atoms with Crippen molar-refractivity contribution in [2.24, 2.45) is 0 Å². The standard InChI is InChI=1S/C16H17F3N2.2ClH/c17-16(18,19)15(21-9-7-20-8-10-21)14-6-5-12-3-1-2-4-13(12)11-14;;/h1-6,11,15,20H,7-10H2;2*1H/t15-;;/m0../s1. The molecule has 2 aromatic rings. The number of nitrogens with one attached hydrogen (secondary N) is 1. The molecule has 0 saturated carbocycles. The number of hydrogen-bond acceptors (Lipinski definition) is 2. The molecule has 1 saturated heterocycles. The largest absolute Gasteiger partial charge is 0.408 e. The van der Waals surface area contributed by atoms with E-state index in [-0.39, 0.29) is 24.8 Å².